The topological polar surface area (TPSA) is 29.1 Å². The molecule has 2 nitrogen and oxygen atoms in total. The van der Waals surface area contributed by atoms with Gasteiger partial charge in [-0.15, -0.1) is 23.2 Å². The van der Waals surface area contributed by atoms with E-state index in [-0.39, 0.29) is 11.8 Å². The van der Waals surface area contributed by atoms with Crippen LogP contribution >= 0.6 is 23.2 Å². The first-order chi connectivity index (χ1) is 11.3. The Kier molecular flexibility index (Phi) is 3.93. The molecule has 5 atom stereocenters. The number of hydrogen-bond acceptors (Lipinski definition) is 1. The second-order valence-corrected chi connectivity index (χ2v) is 9.60. The standard InChI is InChI=1S/C20H25Cl2NO/c1-10-8-11(2)18(12(3)9-10)23-19(24)17-13-4-6-15-16(20(15,21)22)7-5-14(13)17/h8-9,13-17H,4-7H2,1-3H3,(H,23,24)/t13-,14-,15-,16+,17?/m0/s1. The summed E-state index contributed by atoms with van der Waals surface area (Å²) < 4.78 is -0.481. The van der Waals surface area contributed by atoms with Gasteiger partial charge in [0.2, 0.25) is 5.91 Å². The maximum absolute atomic E-state index is 12.8. The van der Waals surface area contributed by atoms with Crippen molar-refractivity contribution in [2.45, 2.75) is 50.8 Å². The molecule has 24 heavy (non-hydrogen) atoms. The highest BCUT2D eigenvalue weighted by molar-refractivity contribution is 6.51. The number of rotatable bonds is 2. The molecule has 3 aliphatic carbocycles. The van der Waals surface area contributed by atoms with Crippen LogP contribution in [0.25, 0.3) is 0 Å². The van der Waals surface area contributed by atoms with E-state index in [1.165, 1.54) is 5.56 Å². The Morgan fingerprint density at radius 1 is 1.00 bits per heavy atom. The Hall–Kier alpha value is -0.730. The largest absolute Gasteiger partial charge is 0.325 e. The summed E-state index contributed by atoms with van der Waals surface area (Å²) in [6, 6.07) is 4.26. The summed E-state index contributed by atoms with van der Waals surface area (Å²) >= 11 is 12.7. The van der Waals surface area contributed by atoms with Crippen molar-refractivity contribution < 1.29 is 4.79 Å². The number of fused-ring (bicyclic) bond motifs is 2. The summed E-state index contributed by atoms with van der Waals surface area (Å²) in [6.07, 6.45) is 4.34. The molecule has 3 aliphatic rings. The molecule has 3 fully saturated rings. The van der Waals surface area contributed by atoms with Gasteiger partial charge in [0.15, 0.2) is 0 Å². The molecule has 4 rings (SSSR count). The summed E-state index contributed by atoms with van der Waals surface area (Å²) in [5.74, 6) is 2.35. The van der Waals surface area contributed by atoms with E-state index < -0.39 is 4.33 Å². The van der Waals surface area contributed by atoms with Gasteiger partial charge in [-0.1, -0.05) is 17.7 Å². The molecular weight excluding hydrogens is 341 g/mol. The van der Waals surface area contributed by atoms with Crippen molar-refractivity contribution in [2.75, 3.05) is 5.32 Å². The lowest BCUT2D eigenvalue weighted by Crippen LogP contribution is -2.17. The molecule has 0 saturated heterocycles. The lowest BCUT2D eigenvalue weighted by Gasteiger charge is -2.13. The molecule has 0 radical (unpaired) electrons. The van der Waals surface area contributed by atoms with E-state index in [0.717, 1.165) is 42.5 Å². The second kappa shape index (κ2) is 5.64. The molecule has 4 heteroatoms. The van der Waals surface area contributed by atoms with Crippen molar-refractivity contribution >= 4 is 34.8 Å². The summed E-state index contributed by atoms with van der Waals surface area (Å²) in [6.45, 7) is 6.23. The highest BCUT2D eigenvalue weighted by Crippen LogP contribution is 2.67. The monoisotopic (exact) mass is 365 g/mol. The molecule has 3 saturated carbocycles. The van der Waals surface area contributed by atoms with Crippen LogP contribution < -0.4 is 5.32 Å². The van der Waals surface area contributed by atoms with Crippen molar-refractivity contribution in [3.8, 4) is 0 Å². The van der Waals surface area contributed by atoms with E-state index >= 15 is 0 Å². The zero-order chi connectivity index (χ0) is 17.2. The number of benzene rings is 1. The van der Waals surface area contributed by atoms with E-state index in [9.17, 15) is 4.79 Å². The van der Waals surface area contributed by atoms with Crippen molar-refractivity contribution in [3.63, 3.8) is 0 Å². The van der Waals surface area contributed by atoms with Gasteiger partial charge in [-0.3, -0.25) is 4.79 Å². The molecule has 0 aliphatic heterocycles. The molecule has 1 unspecified atom stereocenters. The molecule has 1 aromatic carbocycles. The number of carbonyl (C=O) groups is 1. The van der Waals surface area contributed by atoms with E-state index in [1.54, 1.807) is 0 Å². The number of carbonyl (C=O) groups excluding carboxylic acids is 1. The Labute approximate surface area is 154 Å². The minimum Gasteiger partial charge on any atom is -0.325 e. The lowest BCUT2D eigenvalue weighted by molar-refractivity contribution is -0.117. The predicted octanol–water partition coefficient (Wildman–Crippen LogP) is 5.41. The van der Waals surface area contributed by atoms with Gasteiger partial charge in [-0.2, -0.15) is 0 Å². The molecular formula is C20H25Cl2NO. The van der Waals surface area contributed by atoms with Crippen LogP contribution in [0.3, 0.4) is 0 Å². The Bertz CT molecular complexity index is 654. The van der Waals surface area contributed by atoms with Crippen molar-refractivity contribution in [2.24, 2.45) is 29.6 Å². The van der Waals surface area contributed by atoms with E-state index in [1.807, 2.05) is 0 Å². The minimum atomic E-state index is -0.481. The number of aryl methyl sites for hydroxylation is 3. The van der Waals surface area contributed by atoms with Gasteiger partial charge >= 0.3 is 0 Å². The quantitative estimate of drug-likeness (QED) is 0.697. The molecule has 0 bridgehead atoms. The fraction of sp³-hybridized carbons (Fsp3) is 0.650. The van der Waals surface area contributed by atoms with Gasteiger partial charge in [0.1, 0.15) is 4.33 Å². The van der Waals surface area contributed by atoms with Crippen LogP contribution in [0.1, 0.15) is 42.4 Å². The summed E-state index contributed by atoms with van der Waals surface area (Å²) in [5.41, 5.74) is 4.53. The van der Waals surface area contributed by atoms with Crippen molar-refractivity contribution in [3.05, 3.63) is 28.8 Å². The average Bonchev–Trinajstić information content (AvgIpc) is 3.27. The fourth-order valence-electron chi connectivity index (χ4n) is 5.20. The van der Waals surface area contributed by atoms with E-state index in [0.29, 0.717) is 23.7 Å². The maximum Gasteiger partial charge on any atom is 0.228 e. The Morgan fingerprint density at radius 2 is 1.50 bits per heavy atom. The zero-order valence-corrected chi connectivity index (χ0v) is 16.0. The SMILES string of the molecule is Cc1cc(C)c(NC(=O)C2[C@H]3CC[C@@H]4[C@H](CC[C@H]23)C4(Cl)Cl)c(C)c1. The van der Waals surface area contributed by atoms with Gasteiger partial charge < -0.3 is 5.32 Å². The Morgan fingerprint density at radius 3 is 2.00 bits per heavy atom. The normalized spacial score (nSPS) is 36.0. The van der Waals surface area contributed by atoms with Gasteiger partial charge in [-0.05, 0) is 81.3 Å². The van der Waals surface area contributed by atoms with Crippen LogP contribution in [0.4, 0.5) is 5.69 Å². The second-order valence-electron chi connectivity index (χ2n) is 8.16. The first-order valence-corrected chi connectivity index (χ1v) is 9.83. The van der Waals surface area contributed by atoms with Gasteiger partial charge in [0.25, 0.3) is 0 Å². The van der Waals surface area contributed by atoms with Crippen LogP contribution in [0.2, 0.25) is 0 Å². The number of anilines is 1. The first-order valence-electron chi connectivity index (χ1n) is 9.07. The number of halogens is 2. The van der Waals surface area contributed by atoms with Crippen molar-refractivity contribution in [1.29, 1.82) is 0 Å². The number of hydrogen-bond donors (Lipinski definition) is 1. The average molecular weight is 366 g/mol. The third-order valence-electron chi connectivity index (χ3n) is 6.55. The smallest absolute Gasteiger partial charge is 0.228 e. The summed E-state index contributed by atoms with van der Waals surface area (Å²) in [5, 5.41) is 3.21. The molecule has 0 heterocycles. The van der Waals surface area contributed by atoms with Gasteiger partial charge in [0.05, 0.1) is 0 Å². The molecule has 1 aromatic rings. The third kappa shape index (κ3) is 2.66. The number of alkyl halides is 2. The fourth-order valence-corrected chi connectivity index (χ4v) is 6.12. The van der Waals surface area contributed by atoms with Crippen LogP contribution in [0, 0.1) is 50.4 Å². The third-order valence-corrected chi connectivity index (χ3v) is 7.67. The zero-order valence-electron chi connectivity index (χ0n) is 14.5. The number of amides is 1. The highest BCUT2D eigenvalue weighted by atomic mass is 35.5. The van der Waals surface area contributed by atoms with Gasteiger partial charge in [-0.25, -0.2) is 0 Å². The lowest BCUT2D eigenvalue weighted by atomic mass is 10.0. The van der Waals surface area contributed by atoms with E-state index in [2.05, 4.69) is 38.2 Å². The van der Waals surface area contributed by atoms with Crippen LogP contribution in [0.15, 0.2) is 12.1 Å². The van der Waals surface area contributed by atoms with Crippen LogP contribution in [-0.2, 0) is 4.79 Å². The minimum absolute atomic E-state index is 0.183. The van der Waals surface area contributed by atoms with Crippen LogP contribution in [0.5, 0.6) is 0 Å². The molecule has 0 spiro atoms. The molecule has 1 N–H and O–H groups in total. The molecule has 1 amide bonds. The van der Waals surface area contributed by atoms with Gasteiger partial charge in [0, 0.05) is 11.6 Å². The summed E-state index contributed by atoms with van der Waals surface area (Å²) in [7, 11) is 0. The summed E-state index contributed by atoms with van der Waals surface area (Å²) in [4.78, 5) is 12.8. The molecule has 130 valence electrons. The number of nitrogens with one attached hydrogen (secondary N) is 1. The van der Waals surface area contributed by atoms with Crippen molar-refractivity contribution in [1.82, 2.24) is 0 Å². The Balaban J connectivity index is 1.43. The predicted molar refractivity (Wildman–Crippen MR) is 99.6 cm³/mol. The highest BCUT2D eigenvalue weighted by Gasteiger charge is 2.65. The van der Waals surface area contributed by atoms with E-state index in [4.69, 9.17) is 23.2 Å². The maximum atomic E-state index is 12.8. The molecule has 0 aromatic heterocycles. The first kappa shape index (κ1) is 16.7. The van der Waals surface area contributed by atoms with Crippen LogP contribution in [-0.4, -0.2) is 10.2 Å².